The number of Topliss-reactive ketones (excluding diaryl/α,β-unsaturated/α-hetero) is 1. The number of carbonyl (C=O) groups excluding carboxylic acids is 2. The van der Waals surface area contributed by atoms with Crippen molar-refractivity contribution in [1.29, 1.82) is 0 Å². The van der Waals surface area contributed by atoms with E-state index in [0.717, 1.165) is 0 Å². The molecule has 1 rings (SSSR count). The minimum Gasteiger partial charge on any atom is -0.480 e. The first-order valence-electron chi connectivity index (χ1n) is 11.5. The van der Waals surface area contributed by atoms with E-state index in [-0.39, 0.29) is 90.7 Å². The third-order valence-electron chi connectivity index (χ3n) is 5.76. The van der Waals surface area contributed by atoms with Crippen LogP contribution in [0.25, 0.3) is 0 Å². The maximum atomic E-state index is 12.7. The van der Waals surface area contributed by atoms with Gasteiger partial charge in [0.1, 0.15) is 5.78 Å². The average Bonchev–Trinajstić information content (AvgIpc) is 2.71. The molecule has 13 nitrogen and oxygen atoms in total. The SMILES string of the molecule is CC(C)(C)C(=O)CC(OC=O)N1CCN(CC(=O)O)CCN(CC(=O)O)CCN(CC(=O)O)CC1. The van der Waals surface area contributed by atoms with Gasteiger partial charge in [0.05, 0.1) is 26.1 Å². The van der Waals surface area contributed by atoms with Gasteiger partial charge in [0, 0.05) is 57.8 Å². The van der Waals surface area contributed by atoms with E-state index in [1.807, 2.05) is 0 Å². The monoisotopic (exact) mass is 502 g/mol. The Bertz CT molecular complexity index is 709. The molecule has 0 amide bonds. The first kappa shape index (κ1) is 30.4. The summed E-state index contributed by atoms with van der Waals surface area (Å²) in [5, 5.41) is 27.8. The Balaban J connectivity index is 3.17. The van der Waals surface area contributed by atoms with Crippen LogP contribution in [0.15, 0.2) is 0 Å². The van der Waals surface area contributed by atoms with E-state index in [9.17, 15) is 39.3 Å². The predicted molar refractivity (Wildman–Crippen MR) is 124 cm³/mol. The van der Waals surface area contributed by atoms with Crippen molar-refractivity contribution in [3.8, 4) is 0 Å². The van der Waals surface area contributed by atoms with Crippen LogP contribution in [0.4, 0.5) is 0 Å². The zero-order valence-corrected chi connectivity index (χ0v) is 20.7. The number of rotatable bonds is 11. The summed E-state index contributed by atoms with van der Waals surface area (Å²) in [5.74, 6) is -3.23. The summed E-state index contributed by atoms with van der Waals surface area (Å²) < 4.78 is 5.25. The van der Waals surface area contributed by atoms with Crippen molar-refractivity contribution in [1.82, 2.24) is 19.6 Å². The first-order valence-corrected chi connectivity index (χ1v) is 11.5. The molecule has 0 radical (unpaired) electrons. The van der Waals surface area contributed by atoms with Gasteiger partial charge >= 0.3 is 17.9 Å². The zero-order valence-electron chi connectivity index (χ0n) is 20.7. The van der Waals surface area contributed by atoms with E-state index in [2.05, 4.69) is 0 Å². The van der Waals surface area contributed by atoms with Gasteiger partial charge in [-0.15, -0.1) is 0 Å². The maximum Gasteiger partial charge on any atom is 0.317 e. The minimum absolute atomic E-state index is 0.0630. The summed E-state index contributed by atoms with van der Waals surface area (Å²) in [4.78, 5) is 64.6. The molecule has 13 heteroatoms. The third-order valence-corrected chi connectivity index (χ3v) is 5.76. The Labute approximate surface area is 205 Å². The zero-order chi connectivity index (χ0) is 26.6. The second-order valence-electron chi connectivity index (χ2n) is 9.61. The lowest BCUT2D eigenvalue weighted by molar-refractivity contribution is -0.149. The average molecular weight is 503 g/mol. The summed E-state index contributed by atoms with van der Waals surface area (Å²) in [6.07, 6.45) is -0.948. The number of carbonyl (C=O) groups is 5. The molecule has 1 saturated heterocycles. The van der Waals surface area contributed by atoms with Crippen molar-refractivity contribution in [2.45, 2.75) is 33.4 Å². The standard InChI is InChI=1S/C22H38N4O9/c1-22(2,3)17(28)12-18(35-16-27)26-10-8-24(14-20(31)32)6-4-23(13-19(29)30)5-7-25(9-11-26)15-21(33)34/h16,18H,4-15H2,1-3H3,(H,29,30)(H,31,32)(H,33,34). The van der Waals surface area contributed by atoms with Crippen LogP contribution in [0.5, 0.6) is 0 Å². The van der Waals surface area contributed by atoms with E-state index in [1.54, 1.807) is 40.4 Å². The molecule has 0 spiro atoms. The largest absolute Gasteiger partial charge is 0.480 e. The molecule has 0 aliphatic carbocycles. The van der Waals surface area contributed by atoms with Crippen LogP contribution < -0.4 is 0 Å². The molecule has 1 fully saturated rings. The van der Waals surface area contributed by atoms with Crippen LogP contribution in [0.3, 0.4) is 0 Å². The van der Waals surface area contributed by atoms with E-state index in [4.69, 9.17) is 4.74 Å². The number of ketones is 1. The maximum absolute atomic E-state index is 12.7. The highest BCUT2D eigenvalue weighted by Gasteiger charge is 2.30. The fourth-order valence-electron chi connectivity index (χ4n) is 3.68. The Morgan fingerprint density at radius 3 is 1.37 bits per heavy atom. The highest BCUT2D eigenvalue weighted by molar-refractivity contribution is 5.84. The van der Waals surface area contributed by atoms with Crippen LogP contribution in [-0.2, 0) is 28.7 Å². The Hall–Kier alpha value is -2.61. The molecular weight excluding hydrogens is 464 g/mol. The van der Waals surface area contributed by atoms with Crippen LogP contribution >= 0.6 is 0 Å². The van der Waals surface area contributed by atoms with Gasteiger partial charge in [0.15, 0.2) is 6.23 Å². The lowest BCUT2D eigenvalue weighted by Crippen LogP contribution is -2.51. The Morgan fingerprint density at radius 2 is 1.09 bits per heavy atom. The van der Waals surface area contributed by atoms with Gasteiger partial charge in [0.2, 0.25) is 0 Å². The summed E-state index contributed by atoms with van der Waals surface area (Å²) in [7, 11) is 0. The molecular formula is C22H38N4O9. The smallest absolute Gasteiger partial charge is 0.317 e. The van der Waals surface area contributed by atoms with Crippen LogP contribution in [0.1, 0.15) is 27.2 Å². The number of carboxylic acid groups (broad SMARTS) is 3. The summed E-state index contributed by atoms with van der Waals surface area (Å²) >= 11 is 0. The van der Waals surface area contributed by atoms with Crippen molar-refractivity contribution in [2.75, 3.05) is 72.0 Å². The van der Waals surface area contributed by atoms with Crippen LogP contribution in [0, 0.1) is 5.41 Å². The van der Waals surface area contributed by atoms with E-state index >= 15 is 0 Å². The van der Waals surface area contributed by atoms with Gasteiger partial charge in [0.25, 0.3) is 6.47 Å². The fourth-order valence-corrected chi connectivity index (χ4v) is 3.68. The Morgan fingerprint density at radius 1 is 0.743 bits per heavy atom. The second-order valence-corrected chi connectivity index (χ2v) is 9.61. The summed E-state index contributed by atoms with van der Waals surface area (Å²) in [6, 6.07) is 0. The highest BCUT2D eigenvalue weighted by Crippen LogP contribution is 2.20. The molecule has 0 aromatic rings. The molecule has 3 N–H and O–H groups in total. The third kappa shape index (κ3) is 12.6. The fraction of sp³-hybridized carbons (Fsp3) is 0.773. The molecule has 0 aromatic heterocycles. The molecule has 35 heavy (non-hydrogen) atoms. The lowest BCUT2D eigenvalue weighted by atomic mass is 9.88. The number of aliphatic carboxylic acids is 3. The van der Waals surface area contributed by atoms with E-state index in [1.165, 1.54) is 0 Å². The number of hydrogen-bond donors (Lipinski definition) is 3. The van der Waals surface area contributed by atoms with Crippen molar-refractivity contribution >= 4 is 30.2 Å². The van der Waals surface area contributed by atoms with Gasteiger partial charge in [-0.05, 0) is 0 Å². The molecule has 1 unspecified atom stereocenters. The van der Waals surface area contributed by atoms with Crippen molar-refractivity contribution in [2.24, 2.45) is 5.41 Å². The molecule has 1 heterocycles. The molecule has 0 bridgehead atoms. The molecule has 1 aliphatic rings. The molecule has 1 aliphatic heterocycles. The molecule has 0 saturated carbocycles. The molecule has 0 aromatic carbocycles. The van der Waals surface area contributed by atoms with Crippen molar-refractivity contribution < 1.29 is 44.0 Å². The van der Waals surface area contributed by atoms with Crippen molar-refractivity contribution in [3.63, 3.8) is 0 Å². The van der Waals surface area contributed by atoms with Crippen LogP contribution in [0.2, 0.25) is 0 Å². The Kier molecular flexibility index (Phi) is 12.8. The van der Waals surface area contributed by atoms with Gasteiger partial charge in [-0.25, -0.2) is 0 Å². The minimum atomic E-state index is -1.04. The number of ether oxygens (including phenoxy) is 1. The summed E-state index contributed by atoms with van der Waals surface area (Å²) in [5.41, 5.74) is -0.657. The van der Waals surface area contributed by atoms with E-state index < -0.39 is 29.6 Å². The van der Waals surface area contributed by atoms with Gasteiger partial charge in [-0.1, -0.05) is 20.8 Å². The first-order chi connectivity index (χ1) is 16.3. The normalized spacial score (nSPS) is 19.2. The predicted octanol–water partition coefficient (Wildman–Crippen LogP) is -1.03. The van der Waals surface area contributed by atoms with Gasteiger partial charge < -0.3 is 20.1 Å². The van der Waals surface area contributed by atoms with Gasteiger partial charge in [-0.2, -0.15) is 0 Å². The number of nitrogens with zero attached hydrogens (tertiary/aromatic N) is 4. The van der Waals surface area contributed by atoms with E-state index in [0.29, 0.717) is 0 Å². The quantitative estimate of drug-likeness (QED) is 0.293. The number of hydrogen-bond acceptors (Lipinski definition) is 10. The summed E-state index contributed by atoms with van der Waals surface area (Å²) in [6.45, 7) is 6.88. The van der Waals surface area contributed by atoms with Crippen LogP contribution in [-0.4, -0.2) is 143 Å². The lowest BCUT2D eigenvalue weighted by Gasteiger charge is -2.36. The number of carboxylic acids is 3. The van der Waals surface area contributed by atoms with Crippen molar-refractivity contribution in [3.05, 3.63) is 0 Å². The highest BCUT2D eigenvalue weighted by atomic mass is 16.5. The molecule has 200 valence electrons. The second kappa shape index (κ2) is 14.7. The van der Waals surface area contributed by atoms with Gasteiger partial charge in [-0.3, -0.25) is 43.6 Å². The molecule has 1 atom stereocenters. The topological polar surface area (TPSA) is 168 Å².